The number of carboxylic acids is 1. The fourth-order valence-corrected chi connectivity index (χ4v) is 1.74. The number of amides is 2. The number of urea groups is 1. The summed E-state index contributed by atoms with van der Waals surface area (Å²) in [6.07, 6.45) is 0.852. The van der Waals surface area contributed by atoms with E-state index in [1.807, 2.05) is 41.5 Å². The maximum atomic E-state index is 12.4. The highest BCUT2D eigenvalue weighted by Gasteiger charge is 2.32. The van der Waals surface area contributed by atoms with Crippen LogP contribution >= 0.6 is 0 Å². The molecule has 18 heavy (non-hydrogen) atoms. The second-order valence-electron chi connectivity index (χ2n) is 5.48. The first-order valence-electron chi connectivity index (χ1n) is 6.45. The van der Waals surface area contributed by atoms with Crippen LogP contribution in [0.15, 0.2) is 0 Å². The second kappa shape index (κ2) is 6.61. The lowest BCUT2D eigenvalue weighted by molar-refractivity contribution is -0.138. The number of carbonyl (C=O) groups excluding carboxylic acids is 1. The summed E-state index contributed by atoms with van der Waals surface area (Å²) in [4.78, 5) is 26.5. The predicted molar refractivity (Wildman–Crippen MR) is 71.6 cm³/mol. The minimum atomic E-state index is -0.988. The van der Waals surface area contributed by atoms with Gasteiger partial charge in [-0.1, -0.05) is 6.92 Å². The standard InChI is InChI=1S/C13H26N2O3/c1-7-10(3)14(8-2)12(18)15(9-11(16)17)13(4,5)6/h10H,7-9H2,1-6H3,(H,16,17). The molecule has 0 fully saturated rings. The molecular weight excluding hydrogens is 232 g/mol. The third-order valence-corrected chi connectivity index (χ3v) is 3.04. The van der Waals surface area contributed by atoms with Gasteiger partial charge in [0, 0.05) is 18.1 Å². The van der Waals surface area contributed by atoms with Crippen LogP contribution < -0.4 is 0 Å². The molecular formula is C13H26N2O3. The molecule has 0 aliphatic carbocycles. The van der Waals surface area contributed by atoms with E-state index >= 15 is 0 Å². The fraction of sp³-hybridized carbons (Fsp3) is 0.846. The third-order valence-electron chi connectivity index (χ3n) is 3.04. The number of hydrogen-bond acceptors (Lipinski definition) is 2. The summed E-state index contributed by atoms with van der Waals surface area (Å²) >= 11 is 0. The summed E-state index contributed by atoms with van der Waals surface area (Å²) in [5.41, 5.74) is -0.504. The summed E-state index contributed by atoms with van der Waals surface area (Å²) in [6.45, 7) is 11.7. The van der Waals surface area contributed by atoms with Crippen LogP contribution in [-0.2, 0) is 4.79 Å². The third kappa shape index (κ3) is 4.55. The Morgan fingerprint density at radius 1 is 1.22 bits per heavy atom. The van der Waals surface area contributed by atoms with Gasteiger partial charge < -0.3 is 14.9 Å². The number of hydrogen-bond donors (Lipinski definition) is 1. The van der Waals surface area contributed by atoms with Crippen molar-refractivity contribution in [2.75, 3.05) is 13.1 Å². The van der Waals surface area contributed by atoms with E-state index in [1.165, 1.54) is 4.90 Å². The molecule has 0 aliphatic heterocycles. The highest BCUT2D eigenvalue weighted by atomic mass is 16.4. The van der Waals surface area contributed by atoms with Crippen molar-refractivity contribution in [3.63, 3.8) is 0 Å². The van der Waals surface area contributed by atoms with Gasteiger partial charge in [-0.3, -0.25) is 4.79 Å². The fourth-order valence-electron chi connectivity index (χ4n) is 1.74. The van der Waals surface area contributed by atoms with E-state index in [0.29, 0.717) is 6.54 Å². The maximum Gasteiger partial charge on any atom is 0.323 e. The minimum absolute atomic E-state index is 0.112. The molecule has 1 unspecified atom stereocenters. The first-order chi connectivity index (χ1) is 8.15. The van der Waals surface area contributed by atoms with E-state index in [2.05, 4.69) is 0 Å². The van der Waals surface area contributed by atoms with E-state index in [0.717, 1.165) is 6.42 Å². The Labute approximate surface area is 110 Å². The van der Waals surface area contributed by atoms with Crippen molar-refractivity contribution in [1.29, 1.82) is 0 Å². The van der Waals surface area contributed by atoms with Crippen LogP contribution in [0.4, 0.5) is 4.79 Å². The van der Waals surface area contributed by atoms with E-state index in [4.69, 9.17) is 5.11 Å². The smallest absolute Gasteiger partial charge is 0.323 e. The number of carbonyl (C=O) groups is 2. The van der Waals surface area contributed by atoms with Gasteiger partial charge in [-0.15, -0.1) is 0 Å². The van der Waals surface area contributed by atoms with Crippen LogP contribution in [0.1, 0.15) is 48.0 Å². The van der Waals surface area contributed by atoms with Gasteiger partial charge in [-0.2, -0.15) is 0 Å². The van der Waals surface area contributed by atoms with Crippen molar-refractivity contribution in [1.82, 2.24) is 9.80 Å². The topological polar surface area (TPSA) is 60.9 Å². The Hall–Kier alpha value is -1.26. The van der Waals surface area contributed by atoms with Gasteiger partial charge in [-0.05, 0) is 41.0 Å². The van der Waals surface area contributed by atoms with Crippen LogP contribution in [0.2, 0.25) is 0 Å². The minimum Gasteiger partial charge on any atom is -0.480 e. The molecule has 5 nitrogen and oxygen atoms in total. The Balaban J connectivity index is 5.10. The van der Waals surface area contributed by atoms with Crippen molar-refractivity contribution in [2.45, 2.75) is 59.5 Å². The van der Waals surface area contributed by atoms with Crippen LogP contribution in [-0.4, -0.2) is 51.6 Å². The molecule has 106 valence electrons. The Morgan fingerprint density at radius 2 is 1.72 bits per heavy atom. The average molecular weight is 258 g/mol. The van der Waals surface area contributed by atoms with Gasteiger partial charge in [0.05, 0.1) is 0 Å². The SMILES string of the molecule is CCC(C)N(CC)C(=O)N(CC(=O)O)C(C)(C)C. The van der Waals surface area contributed by atoms with Gasteiger partial charge in [0.2, 0.25) is 0 Å². The number of aliphatic carboxylic acids is 1. The summed E-state index contributed by atoms with van der Waals surface area (Å²) < 4.78 is 0. The monoisotopic (exact) mass is 258 g/mol. The summed E-state index contributed by atoms with van der Waals surface area (Å²) in [7, 11) is 0. The molecule has 0 bridgehead atoms. The second-order valence-corrected chi connectivity index (χ2v) is 5.48. The van der Waals surface area contributed by atoms with Gasteiger partial charge in [0.25, 0.3) is 0 Å². The van der Waals surface area contributed by atoms with E-state index in [9.17, 15) is 9.59 Å². The van der Waals surface area contributed by atoms with Crippen molar-refractivity contribution < 1.29 is 14.7 Å². The van der Waals surface area contributed by atoms with Crippen molar-refractivity contribution >= 4 is 12.0 Å². The van der Waals surface area contributed by atoms with Crippen molar-refractivity contribution in [2.24, 2.45) is 0 Å². The number of rotatable bonds is 5. The molecule has 0 saturated carbocycles. The average Bonchev–Trinajstić information content (AvgIpc) is 2.24. The molecule has 0 saturated heterocycles. The van der Waals surface area contributed by atoms with Crippen LogP contribution in [0.3, 0.4) is 0 Å². The summed E-state index contributed by atoms with van der Waals surface area (Å²) in [5, 5.41) is 8.93. The maximum absolute atomic E-state index is 12.4. The Morgan fingerprint density at radius 3 is 2.00 bits per heavy atom. The predicted octanol–water partition coefficient (Wildman–Crippen LogP) is 2.41. The van der Waals surface area contributed by atoms with Gasteiger partial charge >= 0.3 is 12.0 Å². The molecule has 1 atom stereocenters. The molecule has 0 spiro atoms. The highest BCUT2D eigenvalue weighted by Crippen LogP contribution is 2.17. The normalized spacial score (nSPS) is 13.0. The Bertz CT molecular complexity index is 297. The molecule has 0 aromatic heterocycles. The van der Waals surface area contributed by atoms with Gasteiger partial charge in [0.1, 0.15) is 6.54 Å². The lowest BCUT2D eigenvalue weighted by atomic mass is 10.1. The molecule has 0 aromatic carbocycles. The van der Waals surface area contributed by atoms with Crippen LogP contribution in [0, 0.1) is 0 Å². The molecule has 1 N–H and O–H groups in total. The van der Waals surface area contributed by atoms with Gasteiger partial charge in [0.15, 0.2) is 0 Å². The Kier molecular flexibility index (Phi) is 6.15. The summed E-state index contributed by atoms with van der Waals surface area (Å²) in [6, 6.07) is -0.0945. The quantitative estimate of drug-likeness (QED) is 0.823. The zero-order chi connectivity index (χ0) is 14.5. The van der Waals surface area contributed by atoms with E-state index < -0.39 is 11.5 Å². The van der Waals surface area contributed by atoms with Crippen LogP contribution in [0.5, 0.6) is 0 Å². The van der Waals surface area contributed by atoms with Gasteiger partial charge in [-0.25, -0.2) is 4.79 Å². The summed E-state index contributed by atoms with van der Waals surface area (Å²) in [5.74, 6) is -0.988. The molecule has 0 aliphatic rings. The highest BCUT2D eigenvalue weighted by molar-refractivity contribution is 5.81. The number of carboxylic acid groups (broad SMARTS) is 1. The van der Waals surface area contributed by atoms with Crippen molar-refractivity contribution in [3.8, 4) is 0 Å². The molecule has 0 aromatic rings. The van der Waals surface area contributed by atoms with Crippen molar-refractivity contribution in [3.05, 3.63) is 0 Å². The molecule has 5 heteroatoms. The molecule has 2 amide bonds. The van der Waals surface area contributed by atoms with E-state index in [-0.39, 0.29) is 18.6 Å². The first-order valence-corrected chi connectivity index (χ1v) is 6.45. The first kappa shape index (κ1) is 16.7. The zero-order valence-electron chi connectivity index (χ0n) is 12.4. The molecule has 0 rings (SSSR count). The molecule has 0 heterocycles. The number of nitrogens with zero attached hydrogens (tertiary/aromatic N) is 2. The lowest BCUT2D eigenvalue weighted by Gasteiger charge is -2.40. The van der Waals surface area contributed by atoms with Crippen LogP contribution in [0.25, 0.3) is 0 Å². The lowest BCUT2D eigenvalue weighted by Crippen LogP contribution is -2.55. The van der Waals surface area contributed by atoms with E-state index in [1.54, 1.807) is 4.90 Å². The largest absolute Gasteiger partial charge is 0.480 e. The molecule has 0 radical (unpaired) electrons. The zero-order valence-corrected chi connectivity index (χ0v) is 12.4.